The van der Waals surface area contributed by atoms with Crippen LogP contribution < -0.4 is 0 Å². The highest BCUT2D eigenvalue weighted by Gasteiger charge is 2.22. The summed E-state index contributed by atoms with van der Waals surface area (Å²) in [7, 11) is 0. The van der Waals surface area contributed by atoms with Crippen LogP contribution in [0.5, 0.6) is 17.2 Å². The van der Waals surface area contributed by atoms with E-state index in [1.807, 2.05) is 36.4 Å². The maximum Gasteiger partial charge on any atom is 0.137 e. The van der Waals surface area contributed by atoms with E-state index in [1.54, 1.807) is 18.2 Å². The Morgan fingerprint density at radius 1 is 0.579 bits per heavy atom. The van der Waals surface area contributed by atoms with Crippen molar-refractivity contribution in [3.8, 4) is 17.2 Å². The van der Waals surface area contributed by atoms with Gasteiger partial charge in [-0.2, -0.15) is 0 Å². The molecular weight excluding hydrogens is 539 g/mol. The first-order valence-electron chi connectivity index (χ1n) is 13.4. The molecule has 3 rings (SSSR count). The Bertz CT molecular complexity index is 1110. The number of hydrogen-bond acceptors (Lipinski definition) is 3. The highest BCUT2D eigenvalue weighted by molar-refractivity contribution is 6.32. The second kappa shape index (κ2) is 17.5. The van der Waals surface area contributed by atoms with Gasteiger partial charge >= 0.3 is 0 Å². The van der Waals surface area contributed by atoms with Crippen LogP contribution in [0.15, 0.2) is 54.6 Å². The molecule has 3 N–H and O–H groups in total. The predicted octanol–water partition coefficient (Wildman–Crippen LogP) is 10.9. The fourth-order valence-corrected chi connectivity index (χ4v) is 4.27. The topological polar surface area (TPSA) is 60.7 Å². The summed E-state index contributed by atoms with van der Waals surface area (Å²) < 4.78 is 0. The first-order chi connectivity index (χ1) is 18.0. The highest BCUT2D eigenvalue weighted by atomic mass is 35.5. The van der Waals surface area contributed by atoms with Gasteiger partial charge in [-0.15, -0.1) is 0 Å². The van der Waals surface area contributed by atoms with Gasteiger partial charge < -0.3 is 15.3 Å². The fourth-order valence-electron chi connectivity index (χ4n) is 3.71. The average molecular weight is 582 g/mol. The molecule has 0 aliphatic rings. The van der Waals surface area contributed by atoms with Gasteiger partial charge in [-0.1, -0.05) is 125 Å². The summed E-state index contributed by atoms with van der Waals surface area (Å²) in [5.74, 6) is 0.712. The molecule has 3 nitrogen and oxygen atoms in total. The maximum atomic E-state index is 9.73. The van der Waals surface area contributed by atoms with Crippen LogP contribution in [0.2, 0.25) is 15.1 Å². The van der Waals surface area contributed by atoms with Crippen molar-refractivity contribution in [3.05, 3.63) is 86.4 Å². The molecule has 0 atom stereocenters. The van der Waals surface area contributed by atoms with Crippen molar-refractivity contribution in [1.82, 2.24) is 0 Å². The van der Waals surface area contributed by atoms with Crippen LogP contribution in [0.25, 0.3) is 0 Å². The zero-order chi connectivity index (χ0) is 28.7. The number of hydrogen-bond donors (Lipinski definition) is 3. The Morgan fingerprint density at radius 3 is 1.45 bits per heavy atom. The smallest absolute Gasteiger partial charge is 0.137 e. The number of halogens is 3. The van der Waals surface area contributed by atoms with Gasteiger partial charge in [-0.3, -0.25) is 0 Å². The quantitative estimate of drug-likeness (QED) is 0.220. The predicted molar refractivity (Wildman–Crippen MR) is 165 cm³/mol. The Hall–Kier alpha value is -2.07. The van der Waals surface area contributed by atoms with Gasteiger partial charge in [0.05, 0.1) is 15.1 Å². The Balaban J connectivity index is 0.000000285. The van der Waals surface area contributed by atoms with E-state index in [1.165, 1.54) is 12.8 Å². The van der Waals surface area contributed by atoms with Gasteiger partial charge in [0.1, 0.15) is 17.2 Å². The Labute approximate surface area is 244 Å². The molecule has 0 aromatic heterocycles. The van der Waals surface area contributed by atoms with Gasteiger partial charge in [0.2, 0.25) is 0 Å². The van der Waals surface area contributed by atoms with Crippen LogP contribution in [-0.4, -0.2) is 15.3 Å². The molecule has 210 valence electrons. The van der Waals surface area contributed by atoms with Crippen LogP contribution in [0.1, 0.15) is 89.8 Å². The number of aryl methyl sites for hydroxylation is 2. The number of benzene rings is 3. The van der Waals surface area contributed by atoms with E-state index >= 15 is 0 Å². The monoisotopic (exact) mass is 580 g/mol. The molecule has 0 fully saturated rings. The molecule has 0 saturated carbocycles. The molecule has 6 heteroatoms. The van der Waals surface area contributed by atoms with E-state index in [-0.39, 0.29) is 22.7 Å². The minimum Gasteiger partial charge on any atom is -0.506 e. The van der Waals surface area contributed by atoms with E-state index in [0.717, 1.165) is 55.2 Å². The molecule has 0 heterocycles. The number of phenols is 3. The van der Waals surface area contributed by atoms with Crippen LogP contribution in [0.3, 0.4) is 0 Å². The summed E-state index contributed by atoms with van der Waals surface area (Å²) in [6, 6.07) is 16.5. The normalized spacial score (nSPS) is 10.7. The van der Waals surface area contributed by atoms with Crippen molar-refractivity contribution in [2.45, 2.75) is 91.4 Å². The first kappa shape index (κ1) is 34.0. The van der Waals surface area contributed by atoms with Crippen LogP contribution in [0, 0.1) is 0 Å². The van der Waals surface area contributed by atoms with Crippen molar-refractivity contribution in [2.24, 2.45) is 0 Å². The van der Waals surface area contributed by atoms with Crippen molar-refractivity contribution < 1.29 is 15.3 Å². The third-order valence-corrected chi connectivity index (χ3v) is 7.50. The van der Waals surface area contributed by atoms with E-state index in [4.69, 9.17) is 34.8 Å². The number of phenolic OH excluding ortho intramolecular Hbond substituents is 3. The lowest BCUT2D eigenvalue weighted by Gasteiger charge is -2.24. The van der Waals surface area contributed by atoms with Gasteiger partial charge in [0.25, 0.3) is 0 Å². The zero-order valence-corrected chi connectivity index (χ0v) is 25.6. The van der Waals surface area contributed by atoms with Gasteiger partial charge in [0, 0.05) is 5.56 Å². The molecule has 3 aromatic rings. The summed E-state index contributed by atoms with van der Waals surface area (Å²) in [6.45, 7) is 10.6. The average Bonchev–Trinajstić information content (AvgIpc) is 2.90. The van der Waals surface area contributed by atoms with Gasteiger partial charge in [0.15, 0.2) is 0 Å². The zero-order valence-electron chi connectivity index (χ0n) is 23.3. The number of unbranched alkanes of at least 4 members (excludes halogenated alkanes) is 3. The fraction of sp³-hybridized carbons (Fsp3) is 0.438. The Kier molecular flexibility index (Phi) is 15.6. The lowest BCUT2D eigenvalue weighted by molar-refractivity contribution is 0.429. The molecule has 38 heavy (non-hydrogen) atoms. The van der Waals surface area contributed by atoms with E-state index in [0.29, 0.717) is 15.1 Å². The maximum absolute atomic E-state index is 9.73. The number of aromatic hydroxyl groups is 3. The number of para-hydroxylation sites is 3. The minimum atomic E-state index is -0.0189. The van der Waals surface area contributed by atoms with Crippen molar-refractivity contribution in [3.63, 3.8) is 0 Å². The summed E-state index contributed by atoms with van der Waals surface area (Å²) >= 11 is 17.3. The lowest BCUT2D eigenvalue weighted by atomic mass is 9.82. The van der Waals surface area contributed by atoms with Crippen LogP contribution in [-0.2, 0) is 18.3 Å². The second-order valence-electron chi connectivity index (χ2n) is 9.93. The highest BCUT2D eigenvalue weighted by Crippen LogP contribution is 2.37. The van der Waals surface area contributed by atoms with Crippen molar-refractivity contribution in [2.75, 3.05) is 0 Å². The molecule has 0 spiro atoms. The molecule has 0 bridgehead atoms. The molecule has 3 aromatic carbocycles. The van der Waals surface area contributed by atoms with E-state index in [2.05, 4.69) is 34.6 Å². The second-order valence-corrected chi connectivity index (χ2v) is 11.2. The molecule has 0 radical (unpaired) electrons. The summed E-state index contributed by atoms with van der Waals surface area (Å²) in [4.78, 5) is 0. The molecule has 0 unspecified atom stereocenters. The molecular formula is C32H43Cl3O3. The van der Waals surface area contributed by atoms with Gasteiger partial charge in [-0.05, 0) is 66.8 Å². The molecule has 0 aliphatic heterocycles. The van der Waals surface area contributed by atoms with E-state index < -0.39 is 0 Å². The van der Waals surface area contributed by atoms with Crippen molar-refractivity contribution >= 4 is 34.8 Å². The first-order valence-corrected chi connectivity index (χ1v) is 14.5. The molecule has 0 amide bonds. The van der Waals surface area contributed by atoms with Crippen LogP contribution >= 0.6 is 34.8 Å². The Morgan fingerprint density at radius 2 is 1.00 bits per heavy atom. The van der Waals surface area contributed by atoms with Crippen molar-refractivity contribution in [1.29, 1.82) is 0 Å². The summed E-state index contributed by atoms with van der Waals surface area (Å²) in [6.07, 6.45) is 8.53. The molecule has 0 saturated heterocycles. The SMILES string of the molecule is CCC(C)(C)c1cccc(Cl)c1O.CCCCCc1cccc(Cl)c1O.CCCCc1cccc(Cl)c1O. The standard InChI is InChI=1S/2C11H15ClO.C10H13ClO/c1-4-11(2,3)8-6-5-7-9(12)10(8)13;1-2-3-4-6-9-7-5-8-10(12)11(9)13;1-2-3-5-8-6-4-7-9(11)10(8)12/h5-7,13H,4H2,1-3H3;5,7-8,13H,2-4,6H2,1H3;4,6-7,12H,2-3,5H2,1H3. The molecule has 0 aliphatic carbocycles. The lowest BCUT2D eigenvalue weighted by Crippen LogP contribution is -2.15. The van der Waals surface area contributed by atoms with Crippen LogP contribution in [0.4, 0.5) is 0 Å². The minimum absolute atomic E-state index is 0.0189. The third kappa shape index (κ3) is 11.0. The van der Waals surface area contributed by atoms with Gasteiger partial charge in [-0.25, -0.2) is 0 Å². The third-order valence-electron chi connectivity index (χ3n) is 6.59. The number of rotatable bonds is 9. The summed E-state index contributed by atoms with van der Waals surface area (Å²) in [5, 5.41) is 30.1. The summed E-state index contributed by atoms with van der Waals surface area (Å²) in [5.41, 5.74) is 2.81. The largest absolute Gasteiger partial charge is 0.506 e. The van der Waals surface area contributed by atoms with E-state index in [9.17, 15) is 15.3 Å².